The van der Waals surface area contributed by atoms with E-state index in [0.717, 1.165) is 11.1 Å². The number of nitrogens with zero attached hydrogens (tertiary/aromatic N) is 3. The number of halogens is 1. The van der Waals surface area contributed by atoms with Gasteiger partial charge < -0.3 is 10.2 Å². The second-order valence-corrected chi connectivity index (χ2v) is 8.06. The lowest BCUT2D eigenvalue weighted by Gasteiger charge is -2.30. The summed E-state index contributed by atoms with van der Waals surface area (Å²) in [6, 6.07) is 13.1. The van der Waals surface area contributed by atoms with Crippen LogP contribution in [0.1, 0.15) is 28.4 Å². The molecule has 3 aromatic rings. The van der Waals surface area contributed by atoms with Crippen LogP contribution >= 0.6 is 0 Å². The zero-order valence-electron chi connectivity index (χ0n) is 18.5. The molecule has 1 N–H and O–H groups in total. The quantitative estimate of drug-likeness (QED) is 0.651. The Morgan fingerprint density at radius 3 is 2.52 bits per heavy atom. The summed E-state index contributed by atoms with van der Waals surface area (Å²) in [5.41, 5.74) is 3.62. The molecule has 33 heavy (non-hydrogen) atoms. The summed E-state index contributed by atoms with van der Waals surface area (Å²) in [7, 11) is 1.56. The van der Waals surface area contributed by atoms with Gasteiger partial charge in [0.05, 0.1) is 17.4 Å². The summed E-state index contributed by atoms with van der Waals surface area (Å²) in [6.07, 6.45) is 1.58. The first-order valence-corrected chi connectivity index (χ1v) is 10.4. The van der Waals surface area contributed by atoms with Gasteiger partial charge in [-0.15, -0.1) is 0 Å². The monoisotopic (exact) mass is 446 g/mol. The number of carbonyl (C=O) groups is 2. The van der Waals surface area contributed by atoms with Gasteiger partial charge in [0.15, 0.2) is 5.78 Å². The van der Waals surface area contributed by atoms with E-state index < -0.39 is 11.9 Å². The Hall–Kier alpha value is -4.07. The molecule has 2 heterocycles. The van der Waals surface area contributed by atoms with E-state index in [1.807, 2.05) is 13.0 Å². The number of carbonyl (C=O) groups excluding carboxylic acids is 2. The largest absolute Gasteiger partial charge is 0.327 e. The molecule has 2 aromatic carbocycles. The van der Waals surface area contributed by atoms with Crippen LogP contribution in [0.4, 0.5) is 9.18 Å². The zero-order valence-corrected chi connectivity index (χ0v) is 18.5. The van der Waals surface area contributed by atoms with Crippen molar-refractivity contribution in [2.45, 2.75) is 26.3 Å². The van der Waals surface area contributed by atoms with Gasteiger partial charge in [-0.1, -0.05) is 18.2 Å². The summed E-state index contributed by atoms with van der Waals surface area (Å²) in [6.45, 7) is 3.68. The van der Waals surface area contributed by atoms with Crippen LogP contribution < -0.4 is 10.9 Å². The van der Waals surface area contributed by atoms with Crippen molar-refractivity contribution >= 4 is 11.8 Å². The van der Waals surface area contributed by atoms with Crippen molar-refractivity contribution in [3.05, 3.63) is 105 Å². The Morgan fingerprint density at radius 2 is 1.79 bits per heavy atom. The minimum atomic E-state index is -0.689. The Morgan fingerprint density at radius 1 is 1.06 bits per heavy atom. The summed E-state index contributed by atoms with van der Waals surface area (Å²) >= 11 is 0. The summed E-state index contributed by atoms with van der Waals surface area (Å²) in [5.74, 6) is -0.594. The molecular formula is C25H23FN4O3. The van der Waals surface area contributed by atoms with Crippen molar-refractivity contribution in [2.75, 3.05) is 7.05 Å². The lowest BCUT2D eigenvalue weighted by molar-refractivity contribution is -0.115. The number of urea groups is 1. The molecule has 0 radical (unpaired) electrons. The highest BCUT2D eigenvalue weighted by atomic mass is 19.1. The minimum absolute atomic E-state index is 0.0630. The zero-order chi connectivity index (χ0) is 23.7. The van der Waals surface area contributed by atoms with Crippen LogP contribution in [-0.2, 0) is 11.2 Å². The highest BCUT2D eigenvalue weighted by Crippen LogP contribution is 2.28. The van der Waals surface area contributed by atoms with Gasteiger partial charge in [0.2, 0.25) is 0 Å². The number of hydrogen-bond acceptors (Lipinski definition) is 4. The topological polar surface area (TPSA) is 84.3 Å². The van der Waals surface area contributed by atoms with Crippen molar-refractivity contribution in [2.24, 2.45) is 0 Å². The Balaban J connectivity index is 1.68. The number of rotatable bonds is 5. The Labute approximate surface area is 190 Å². The van der Waals surface area contributed by atoms with E-state index in [-0.39, 0.29) is 23.8 Å². The number of amides is 2. The van der Waals surface area contributed by atoms with Crippen LogP contribution in [-0.4, -0.2) is 33.5 Å². The molecule has 1 aliphatic heterocycles. The van der Waals surface area contributed by atoms with Crippen molar-refractivity contribution in [1.82, 2.24) is 20.0 Å². The lowest BCUT2D eigenvalue weighted by atomic mass is 9.91. The third-order valence-electron chi connectivity index (χ3n) is 5.62. The molecule has 1 aliphatic rings. The molecule has 7 nitrogen and oxygen atoms in total. The van der Waals surface area contributed by atoms with E-state index >= 15 is 0 Å². The van der Waals surface area contributed by atoms with E-state index in [1.165, 1.54) is 34.0 Å². The molecule has 0 saturated carbocycles. The summed E-state index contributed by atoms with van der Waals surface area (Å²) in [4.78, 5) is 39.2. The number of nitrogens with one attached hydrogen (secondary N) is 1. The van der Waals surface area contributed by atoms with Crippen LogP contribution in [0.25, 0.3) is 5.69 Å². The predicted octanol–water partition coefficient (Wildman–Crippen LogP) is 3.38. The number of benzene rings is 2. The van der Waals surface area contributed by atoms with Gasteiger partial charge in [0.25, 0.3) is 5.56 Å². The maximum absolute atomic E-state index is 13.4. The first kappa shape index (κ1) is 22.1. The molecule has 0 unspecified atom stereocenters. The predicted molar refractivity (Wildman–Crippen MR) is 122 cm³/mol. The van der Waals surface area contributed by atoms with Crippen LogP contribution in [0, 0.1) is 19.7 Å². The van der Waals surface area contributed by atoms with Gasteiger partial charge in [-0.3, -0.25) is 9.59 Å². The van der Waals surface area contributed by atoms with Crippen LogP contribution in [0.2, 0.25) is 0 Å². The molecular weight excluding hydrogens is 423 g/mol. The third kappa shape index (κ3) is 4.59. The van der Waals surface area contributed by atoms with Gasteiger partial charge in [-0.2, -0.15) is 9.78 Å². The maximum Gasteiger partial charge on any atom is 0.321 e. The van der Waals surface area contributed by atoms with E-state index in [2.05, 4.69) is 10.4 Å². The molecule has 0 spiro atoms. The number of Topliss-reactive ketones (excluding diaryl/α,β-unsaturated/α-hetero) is 1. The second kappa shape index (κ2) is 8.82. The van der Waals surface area contributed by atoms with Crippen molar-refractivity contribution in [3.8, 4) is 5.69 Å². The summed E-state index contributed by atoms with van der Waals surface area (Å²) < 4.78 is 14.7. The number of hydrogen-bond donors (Lipinski definition) is 1. The lowest BCUT2D eigenvalue weighted by Crippen LogP contribution is -2.43. The highest BCUT2D eigenvalue weighted by Gasteiger charge is 2.30. The molecule has 0 bridgehead atoms. The van der Waals surface area contributed by atoms with E-state index in [1.54, 1.807) is 44.3 Å². The van der Waals surface area contributed by atoms with Gasteiger partial charge in [-0.05, 0) is 60.9 Å². The number of aromatic nitrogens is 2. The molecule has 4 rings (SSSR count). The van der Waals surface area contributed by atoms with Crippen molar-refractivity contribution in [1.29, 1.82) is 0 Å². The Kier molecular flexibility index (Phi) is 5.91. The van der Waals surface area contributed by atoms with E-state index in [9.17, 15) is 18.8 Å². The smallest absolute Gasteiger partial charge is 0.321 e. The molecule has 8 heteroatoms. The minimum Gasteiger partial charge on any atom is -0.327 e. The van der Waals surface area contributed by atoms with Gasteiger partial charge in [-0.25, -0.2) is 9.18 Å². The van der Waals surface area contributed by atoms with Crippen molar-refractivity contribution in [3.63, 3.8) is 0 Å². The molecule has 2 amide bonds. The fraction of sp³-hybridized carbons (Fsp3) is 0.200. The average molecular weight is 446 g/mol. The second-order valence-electron chi connectivity index (χ2n) is 8.06. The molecule has 0 aliphatic carbocycles. The van der Waals surface area contributed by atoms with Crippen molar-refractivity contribution < 1.29 is 14.0 Å². The van der Waals surface area contributed by atoms with E-state index in [4.69, 9.17) is 0 Å². The maximum atomic E-state index is 13.4. The van der Waals surface area contributed by atoms with Crippen LogP contribution in [0.3, 0.4) is 0 Å². The van der Waals surface area contributed by atoms with Gasteiger partial charge in [0, 0.05) is 31.3 Å². The molecule has 168 valence electrons. The van der Waals surface area contributed by atoms with Gasteiger partial charge in [0.1, 0.15) is 5.82 Å². The Bertz CT molecular complexity index is 1330. The molecule has 1 atom stereocenters. The molecule has 0 saturated heterocycles. The third-order valence-corrected chi connectivity index (χ3v) is 5.62. The normalized spacial score (nSPS) is 15.8. The SMILES string of the molecule is Cc1ccc(=O)n(-c2ccc(C)c(CC(=O)C3=CN(C)C(=O)N[C@H]3c3ccc(F)cc3)c2)n1. The molecule has 1 aromatic heterocycles. The first-order valence-electron chi connectivity index (χ1n) is 10.4. The number of ketones is 1. The fourth-order valence-electron chi connectivity index (χ4n) is 3.74. The van der Waals surface area contributed by atoms with Crippen LogP contribution in [0.5, 0.6) is 0 Å². The average Bonchev–Trinajstić information content (AvgIpc) is 2.79. The standard InChI is InChI=1S/C25H23FN4O3/c1-15-4-10-20(30-23(32)11-5-16(2)28-30)12-18(15)13-22(31)21-14-29(3)25(33)27-24(21)17-6-8-19(26)9-7-17/h4-12,14,24H,13H2,1-3H3,(H,27,33)/t24-/m0/s1. The summed E-state index contributed by atoms with van der Waals surface area (Å²) in [5, 5.41) is 7.09. The fourth-order valence-corrected chi connectivity index (χ4v) is 3.74. The van der Waals surface area contributed by atoms with Gasteiger partial charge >= 0.3 is 6.03 Å². The first-order chi connectivity index (χ1) is 15.7. The number of aryl methyl sites for hydroxylation is 2. The highest BCUT2D eigenvalue weighted by molar-refractivity contribution is 6.00. The molecule has 0 fully saturated rings. The van der Waals surface area contributed by atoms with Crippen LogP contribution in [0.15, 0.2) is 71.2 Å². The van der Waals surface area contributed by atoms with E-state index in [0.29, 0.717) is 22.5 Å².